The summed E-state index contributed by atoms with van der Waals surface area (Å²) in [7, 11) is 1.79. The lowest BCUT2D eigenvalue weighted by Crippen LogP contribution is -2.07. The summed E-state index contributed by atoms with van der Waals surface area (Å²) in [6.07, 6.45) is 1.69. The molecule has 0 aliphatic heterocycles. The SMILES string of the molecule is Cc1nc(-c2nnn(C)c2COc2ccnc(C(C)C)n2)ccc1O. The zero-order valence-electron chi connectivity index (χ0n) is 14.6. The Labute approximate surface area is 145 Å². The highest BCUT2D eigenvalue weighted by Gasteiger charge is 2.16. The van der Waals surface area contributed by atoms with Gasteiger partial charge in [-0.15, -0.1) is 5.10 Å². The molecule has 0 saturated carbocycles. The fraction of sp³-hybridized carbons (Fsp3) is 0.353. The smallest absolute Gasteiger partial charge is 0.216 e. The Kier molecular flexibility index (Phi) is 4.60. The predicted octanol–water partition coefficient (Wildman–Crippen LogP) is 2.38. The van der Waals surface area contributed by atoms with Crippen LogP contribution in [0.4, 0.5) is 0 Å². The second-order valence-electron chi connectivity index (χ2n) is 6.01. The molecule has 0 saturated heterocycles. The number of nitrogens with zero attached hydrogens (tertiary/aromatic N) is 6. The lowest BCUT2D eigenvalue weighted by Gasteiger charge is -2.09. The monoisotopic (exact) mass is 340 g/mol. The molecular formula is C17H20N6O2. The first-order chi connectivity index (χ1) is 12.0. The highest BCUT2D eigenvalue weighted by atomic mass is 16.5. The molecule has 3 rings (SSSR count). The molecule has 3 aromatic heterocycles. The van der Waals surface area contributed by atoms with Gasteiger partial charge in [0.1, 0.15) is 29.6 Å². The third-order valence-corrected chi connectivity index (χ3v) is 3.77. The summed E-state index contributed by atoms with van der Waals surface area (Å²) in [5.74, 6) is 1.60. The van der Waals surface area contributed by atoms with Gasteiger partial charge in [-0.05, 0) is 19.1 Å². The molecule has 0 aromatic carbocycles. The molecule has 0 amide bonds. The maximum absolute atomic E-state index is 9.65. The average Bonchev–Trinajstić information content (AvgIpc) is 2.96. The van der Waals surface area contributed by atoms with Crippen molar-refractivity contribution in [3.05, 3.63) is 41.6 Å². The van der Waals surface area contributed by atoms with E-state index in [0.717, 1.165) is 11.5 Å². The molecule has 8 heteroatoms. The fourth-order valence-corrected chi connectivity index (χ4v) is 2.28. The minimum Gasteiger partial charge on any atom is -0.506 e. The number of aromatic hydroxyl groups is 1. The molecule has 0 radical (unpaired) electrons. The summed E-state index contributed by atoms with van der Waals surface area (Å²) >= 11 is 0. The highest BCUT2D eigenvalue weighted by molar-refractivity contribution is 5.57. The van der Waals surface area contributed by atoms with Crippen molar-refractivity contribution >= 4 is 0 Å². The van der Waals surface area contributed by atoms with Crippen LogP contribution in [0.2, 0.25) is 0 Å². The van der Waals surface area contributed by atoms with E-state index in [-0.39, 0.29) is 18.3 Å². The van der Waals surface area contributed by atoms with Gasteiger partial charge in [0.2, 0.25) is 5.88 Å². The first kappa shape index (κ1) is 16.8. The summed E-state index contributed by atoms with van der Waals surface area (Å²) in [5.41, 5.74) is 2.55. The zero-order chi connectivity index (χ0) is 18.0. The minimum absolute atomic E-state index is 0.146. The van der Waals surface area contributed by atoms with E-state index >= 15 is 0 Å². The molecular weight excluding hydrogens is 320 g/mol. The summed E-state index contributed by atoms with van der Waals surface area (Å²) in [6.45, 7) is 6.04. The molecule has 130 valence electrons. The van der Waals surface area contributed by atoms with Crippen molar-refractivity contribution in [2.24, 2.45) is 7.05 Å². The van der Waals surface area contributed by atoms with Gasteiger partial charge in [-0.1, -0.05) is 19.1 Å². The molecule has 0 atom stereocenters. The van der Waals surface area contributed by atoms with Gasteiger partial charge in [0.05, 0.1) is 11.4 Å². The number of ether oxygens (including phenoxy) is 1. The van der Waals surface area contributed by atoms with E-state index < -0.39 is 0 Å². The quantitative estimate of drug-likeness (QED) is 0.761. The first-order valence-corrected chi connectivity index (χ1v) is 7.97. The van der Waals surface area contributed by atoms with Crippen LogP contribution < -0.4 is 4.74 Å². The van der Waals surface area contributed by atoms with Gasteiger partial charge in [-0.3, -0.25) is 0 Å². The lowest BCUT2D eigenvalue weighted by atomic mass is 10.2. The molecule has 0 unspecified atom stereocenters. The van der Waals surface area contributed by atoms with E-state index in [4.69, 9.17) is 4.74 Å². The van der Waals surface area contributed by atoms with E-state index in [0.29, 0.717) is 23.0 Å². The van der Waals surface area contributed by atoms with Gasteiger partial charge < -0.3 is 9.84 Å². The minimum atomic E-state index is 0.146. The van der Waals surface area contributed by atoms with Crippen LogP contribution in [-0.4, -0.2) is 35.1 Å². The largest absolute Gasteiger partial charge is 0.506 e. The van der Waals surface area contributed by atoms with Crippen molar-refractivity contribution in [3.8, 4) is 23.0 Å². The van der Waals surface area contributed by atoms with Crippen molar-refractivity contribution in [2.45, 2.75) is 33.3 Å². The average molecular weight is 340 g/mol. The molecule has 8 nitrogen and oxygen atoms in total. The van der Waals surface area contributed by atoms with Crippen LogP contribution in [0.25, 0.3) is 11.4 Å². The van der Waals surface area contributed by atoms with Crippen LogP contribution in [0.15, 0.2) is 24.4 Å². The number of pyridine rings is 1. The van der Waals surface area contributed by atoms with Crippen molar-refractivity contribution in [2.75, 3.05) is 0 Å². The Bertz CT molecular complexity index is 891. The van der Waals surface area contributed by atoms with Crippen molar-refractivity contribution < 1.29 is 9.84 Å². The van der Waals surface area contributed by atoms with E-state index in [2.05, 4.69) is 25.3 Å². The molecule has 1 N–H and O–H groups in total. The standard InChI is InChI=1S/C17H20N6O2/c1-10(2)17-18-8-7-15(20-17)25-9-13-16(21-22-23(13)4)12-5-6-14(24)11(3)19-12/h5-8,10,24H,9H2,1-4H3. The van der Waals surface area contributed by atoms with E-state index in [1.807, 2.05) is 13.8 Å². The van der Waals surface area contributed by atoms with Crippen LogP contribution in [0, 0.1) is 6.92 Å². The summed E-state index contributed by atoms with van der Waals surface area (Å²) in [5, 5.41) is 17.9. The number of aromatic nitrogens is 6. The van der Waals surface area contributed by atoms with E-state index in [1.165, 1.54) is 0 Å². The van der Waals surface area contributed by atoms with Gasteiger partial charge in [0, 0.05) is 25.2 Å². The number of hydrogen-bond donors (Lipinski definition) is 1. The summed E-state index contributed by atoms with van der Waals surface area (Å²) in [6, 6.07) is 5.02. The second kappa shape index (κ2) is 6.84. The van der Waals surface area contributed by atoms with Gasteiger partial charge >= 0.3 is 0 Å². The predicted molar refractivity (Wildman–Crippen MR) is 91.1 cm³/mol. The number of hydrogen-bond acceptors (Lipinski definition) is 7. The Morgan fingerprint density at radius 2 is 2.00 bits per heavy atom. The van der Waals surface area contributed by atoms with Crippen molar-refractivity contribution in [1.82, 2.24) is 29.9 Å². The topological polar surface area (TPSA) is 98.8 Å². The molecule has 3 aromatic rings. The van der Waals surface area contributed by atoms with Gasteiger partial charge in [0.15, 0.2) is 0 Å². The first-order valence-electron chi connectivity index (χ1n) is 7.97. The van der Waals surface area contributed by atoms with Gasteiger partial charge in [0.25, 0.3) is 0 Å². The van der Waals surface area contributed by atoms with Crippen LogP contribution in [0.1, 0.15) is 37.0 Å². The number of aryl methyl sites for hydroxylation is 2. The Morgan fingerprint density at radius 1 is 1.20 bits per heavy atom. The zero-order valence-corrected chi connectivity index (χ0v) is 14.6. The van der Waals surface area contributed by atoms with Crippen LogP contribution in [0.5, 0.6) is 11.6 Å². The molecule has 0 bridgehead atoms. The maximum Gasteiger partial charge on any atom is 0.216 e. The number of rotatable bonds is 5. The van der Waals surface area contributed by atoms with Crippen molar-refractivity contribution in [3.63, 3.8) is 0 Å². The Hall–Kier alpha value is -3.03. The van der Waals surface area contributed by atoms with Gasteiger partial charge in [-0.25, -0.2) is 14.6 Å². The van der Waals surface area contributed by atoms with Gasteiger partial charge in [-0.2, -0.15) is 4.98 Å². The van der Waals surface area contributed by atoms with E-state index in [9.17, 15) is 5.11 Å². The summed E-state index contributed by atoms with van der Waals surface area (Å²) in [4.78, 5) is 13.0. The highest BCUT2D eigenvalue weighted by Crippen LogP contribution is 2.24. The molecule has 0 aliphatic rings. The van der Waals surface area contributed by atoms with Crippen LogP contribution >= 0.6 is 0 Å². The maximum atomic E-state index is 9.65. The third-order valence-electron chi connectivity index (χ3n) is 3.77. The third kappa shape index (κ3) is 3.57. The van der Waals surface area contributed by atoms with E-state index in [1.54, 1.807) is 43.0 Å². The molecule has 0 spiro atoms. The second-order valence-corrected chi connectivity index (χ2v) is 6.01. The molecule has 25 heavy (non-hydrogen) atoms. The normalized spacial score (nSPS) is 11.1. The molecule has 3 heterocycles. The van der Waals surface area contributed by atoms with Crippen LogP contribution in [-0.2, 0) is 13.7 Å². The molecule has 0 fully saturated rings. The fourth-order valence-electron chi connectivity index (χ4n) is 2.28. The molecule has 0 aliphatic carbocycles. The summed E-state index contributed by atoms with van der Waals surface area (Å²) < 4.78 is 7.45. The van der Waals surface area contributed by atoms with Crippen molar-refractivity contribution in [1.29, 1.82) is 0 Å². The Morgan fingerprint density at radius 3 is 2.72 bits per heavy atom. The van der Waals surface area contributed by atoms with Crippen LogP contribution in [0.3, 0.4) is 0 Å². The lowest BCUT2D eigenvalue weighted by molar-refractivity contribution is 0.282. The Balaban J connectivity index is 1.85.